The second-order valence-electron chi connectivity index (χ2n) is 7.91. The quantitative estimate of drug-likeness (QED) is 0.757. The van der Waals surface area contributed by atoms with E-state index in [4.69, 9.17) is 0 Å². The second-order valence-corrected chi connectivity index (χ2v) is 7.91. The summed E-state index contributed by atoms with van der Waals surface area (Å²) in [6.45, 7) is 9.23. The van der Waals surface area contributed by atoms with Crippen molar-refractivity contribution in [2.75, 3.05) is 19.7 Å². The van der Waals surface area contributed by atoms with Crippen LogP contribution >= 0.6 is 0 Å². The van der Waals surface area contributed by atoms with Crippen LogP contribution in [0.5, 0.6) is 0 Å². The van der Waals surface area contributed by atoms with Gasteiger partial charge in [0, 0.05) is 17.6 Å². The molecule has 0 spiro atoms. The molecule has 1 heterocycles. The molecule has 0 aromatic heterocycles. The Morgan fingerprint density at radius 2 is 1.90 bits per heavy atom. The molecule has 0 aromatic rings. The fraction of sp³-hybridized carbons (Fsp3) is 1.00. The SMILES string of the molecule is CC(C)NC(C)(CO)CCCN1CCCC2CCCCC21. The molecule has 2 aliphatic rings. The van der Waals surface area contributed by atoms with Crippen molar-refractivity contribution in [3.63, 3.8) is 0 Å². The maximum Gasteiger partial charge on any atom is 0.0610 e. The van der Waals surface area contributed by atoms with Crippen molar-refractivity contribution in [1.82, 2.24) is 10.2 Å². The first-order valence-corrected chi connectivity index (χ1v) is 9.17. The average Bonchev–Trinajstić information content (AvgIpc) is 2.47. The summed E-state index contributed by atoms with van der Waals surface area (Å²) in [5, 5.41) is 13.2. The van der Waals surface area contributed by atoms with Crippen molar-refractivity contribution in [1.29, 1.82) is 0 Å². The molecule has 1 aliphatic heterocycles. The van der Waals surface area contributed by atoms with E-state index in [0.29, 0.717) is 6.04 Å². The molecule has 0 radical (unpaired) electrons. The Labute approximate surface area is 131 Å². The van der Waals surface area contributed by atoms with Crippen molar-refractivity contribution < 1.29 is 5.11 Å². The van der Waals surface area contributed by atoms with Gasteiger partial charge < -0.3 is 15.3 Å². The molecule has 1 saturated carbocycles. The van der Waals surface area contributed by atoms with Gasteiger partial charge in [0.05, 0.1) is 6.61 Å². The van der Waals surface area contributed by atoms with Crippen molar-refractivity contribution in [3.05, 3.63) is 0 Å². The van der Waals surface area contributed by atoms with Crippen LogP contribution in [0.1, 0.15) is 72.1 Å². The van der Waals surface area contributed by atoms with Gasteiger partial charge >= 0.3 is 0 Å². The van der Waals surface area contributed by atoms with Crippen LogP contribution in [0, 0.1) is 5.92 Å². The minimum Gasteiger partial charge on any atom is -0.394 e. The van der Waals surface area contributed by atoms with Crippen LogP contribution in [-0.4, -0.2) is 47.3 Å². The maximum absolute atomic E-state index is 9.68. The molecule has 21 heavy (non-hydrogen) atoms. The summed E-state index contributed by atoms with van der Waals surface area (Å²) in [5.74, 6) is 0.977. The van der Waals surface area contributed by atoms with Gasteiger partial charge in [-0.3, -0.25) is 0 Å². The van der Waals surface area contributed by atoms with Crippen LogP contribution in [0.2, 0.25) is 0 Å². The van der Waals surface area contributed by atoms with E-state index in [1.54, 1.807) is 0 Å². The van der Waals surface area contributed by atoms with Crippen LogP contribution < -0.4 is 5.32 Å². The smallest absolute Gasteiger partial charge is 0.0610 e. The van der Waals surface area contributed by atoms with E-state index in [2.05, 4.69) is 31.0 Å². The standard InChI is InChI=1S/C18H36N2O/c1-15(2)19-18(3,14-21)11-7-13-20-12-6-9-16-8-4-5-10-17(16)20/h15-17,19,21H,4-14H2,1-3H3. The minimum absolute atomic E-state index is 0.115. The lowest BCUT2D eigenvalue weighted by atomic mass is 9.78. The molecule has 3 heteroatoms. The Hall–Kier alpha value is -0.120. The van der Waals surface area contributed by atoms with Gasteiger partial charge in [-0.1, -0.05) is 26.7 Å². The van der Waals surface area contributed by atoms with Crippen LogP contribution in [0.3, 0.4) is 0 Å². The van der Waals surface area contributed by atoms with Crippen molar-refractivity contribution in [3.8, 4) is 0 Å². The number of rotatable bonds is 7. The number of aliphatic hydroxyl groups is 1. The minimum atomic E-state index is -0.115. The predicted molar refractivity (Wildman–Crippen MR) is 89.5 cm³/mol. The van der Waals surface area contributed by atoms with Gasteiger partial charge in [0.2, 0.25) is 0 Å². The summed E-state index contributed by atoms with van der Waals surface area (Å²) in [5.41, 5.74) is -0.115. The number of hydrogen-bond acceptors (Lipinski definition) is 3. The highest BCUT2D eigenvalue weighted by atomic mass is 16.3. The van der Waals surface area contributed by atoms with E-state index in [-0.39, 0.29) is 12.1 Å². The number of hydrogen-bond donors (Lipinski definition) is 2. The maximum atomic E-state index is 9.68. The molecule has 0 bridgehead atoms. The molecule has 124 valence electrons. The molecule has 2 N–H and O–H groups in total. The number of fused-ring (bicyclic) bond motifs is 1. The van der Waals surface area contributed by atoms with Gasteiger partial charge in [-0.2, -0.15) is 0 Å². The summed E-state index contributed by atoms with van der Waals surface area (Å²) in [6, 6.07) is 1.30. The largest absolute Gasteiger partial charge is 0.394 e. The summed E-state index contributed by atoms with van der Waals surface area (Å²) in [6.07, 6.45) is 10.9. The van der Waals surface area contributed by atoms with E-state index in [1.165, 1.54) is 58.0 Å². The van der Waals surface area contributed by atoms with Crippen LogP contribution in [0.4, 0.5) is 0 Å². The molecule has 1 aliphatic carbocycles. The Balaban J connectivity index is 1.78. The fourth-order valence-electron chi connectivity index (χ4n) is 4.57. The summed E-state index contributed by atoms with van der Waals surface area (Å²) in [4.78, 5) is 2.76. The van der Waals surface area contributed by atoms with Crippen molar-refractivity contribution in [2.24, 2.45) is 5.92 Å². The third kappa shape index (κ3) is 4.94. The average molecular weight is 296 g/mol. The van der Waals surface area contributed by atoms with Gasteiger partial charge in [0.1, 0.15) is 0 Å². The zero-order chi connectivity index (χ0) is 15.3. The van der Waals surface area contributed by atoms with Crippen molar-refractivity contribution >= 4 is 0 Å². The molecule has 3 nitrogen and oxygen atoms in total. The van der Waals surface area contributed by atoms with E-state index in [0.717, 1.165) is 18.4 Å². The number of piperidine rings is 1. The van der Waals surface area contributed by atoms with Gasteiger partial charge in [0.25, 0.3) is 0 Å². The lowest BCUT2D eigenvalue weighted by molar-refractivity contribution is 0.0555. The first-order chi connectivity index (χ1) is 10.0. The number of likely N-dealkylation sites (tertiary alicyclic amines) is 1. The molecule has 1 saturated heterocycles. The first kappa shape index (κ1) is 17.2. The highest BCUT2D eigenvalue weighted by Crippen LogP contribution is 2.35. The normalized spacial score (nSPS) is 30.1. The zero-order valence-electron chi connectivity index (χ0n) is 14.4. The van der Waals surface area contributed by atoms with Gasteiger partial charge in [0.15, 0.2) is 0 Å². The van der Waals surface area contributed by atoms with Crippen molar-refractivity contribution in [2.45, 2.75) is 89.8 Å². The van der Waals surface area contributed by atoms with Gasteiger partial charge in [-0.05, 0) is 64.5 Å². The monoisotopic (exact) mass is 296 g/mol. The third-order valence-electron chi connectivity index (χ3n) is 5.52. The molecular formula is C18H36N2O. The fourth-order valence-corrected chi connectivity index (χ4v) is 4.57. The Bertz CT molecular complexity index is 306. The number of nitrogens with one attached hydrogen (secondary N) is 1. The van der Waals surface area contributed by atoms with Crippen LogP contribution in [0.15, 0.2) is 0 Å². The Morgan fingerprint density at radius 1 is 1.19 bits per heavy atom. The summed E-state index contributed by atoms with van der Waals surface area (Å²) >= 11 is 0. The van der Waals surface area contributed by atoms with Gasteiger partial charge in [-0.15, -0.1) is 0 Å². The van der Waals surface area contributed by atoms with Gasteiger partial charge in [-0.25, -0.2) is 0 Å². The van der Waals surface area contributed by atoms with E-state index in [1.807, 2.05) is 0 Å². The van der Waals surface area contributed by atoms with E-state index >= 15 is 0 Å². The number of aliphatic hydroxyl groups excluding tert-OH is 1. The molecule has 2 fully saturated rings. The highest BCUT2D eigenvalue weighted by Gasteiger charge is 2.33. The molecule has 3 unspecified atom stereocenters. The predicted octanol–water partition coefficient (Wildman–Crippen LogP) is 3.17. The third-order valence-corrected chi connectivity index (χ3v) is 5.52. The Kier molecular flexibility index (Phi) is 6.51. The van der Waals surface area contributed by atoms with E-state index in [9.17, 15) is 5.11 Å². The Morgan fingerprint density at radius 3 is 2.62 bits per heavy atom. The number of nitrogens with zero attached hydrogens (tertiary/aromatic N) is 1. The summed E-state index contributed by atoms with van der Waals surface area (Å²) < 4.78 is 0. The van der Waals surface area contributed by atoms with Crippen LogP contribution in [-0.2, 0) is 0 Å². The molecule has 0 aromatic carbocycles. The topological polar surface area (TPSA) is 35.5 Å². The highest BCUT2D eigenvalue weighted by molar-refractivity contribution is 4.89. The zero-order valence-corrected chi connectivity index (χ0v) is 14.4. The molecule has 2 rings (SSSR count). The molecular weight excluding hydrogens is 260 g/mol. The lowest BCUT2D eigenvalue weighted by Crippen LogP contribution is -2.50. The summed E-state index contributed by atoms with van der Waals surface area (Å²) in [7, 11) is 0. The lowest BCUT2D eigenvalue weighted by Gasteiger charge is -2.44. The second kappa shape index (κ2) is 7.94. The molecule has 0 amide bonds. The molecule has 3 atom stereocenters. The van der Waals surface area contributed by atoms with E-state index < -0.39 is 0 Å². The van der Waals surface area contributed by atoms with Crippen LogP contribution in [0.25, 0.3) is 0 Å². The first-order valence-electron chi connectivity index (χ1n) is 9.17.